The molecular formula is C12H12BrF4NO. The van der Waals surface area contributed by atoms with Crippen molar-refractivity contribution in [1.82, 2.24) is 5.32 Å². The molecule has 1 saturated heterocycles. The summed E-state index contributed by atoms with van der Waals surface area (Å²) in [5.41, 5.74) is -0.129. The van der Waals surface area contributed by atoms with Crippen LogP contribution in [0.5, 0.6) is 0 Å². The van der Waals surface area contributed by atoms with E-state index >= 15 is 0 Å². The summed E-state index contributed by atoms with van der Waals surface area (Å²) >= 11 is 3.28. The van der Waals surface area contributed by atoms with Gasteiger partial charge in [0.15, 0.2) is 0 Å². The highest BCUT2D eigenvalue weighted by atomic mass is 79.9. The maximum Gasteiger partial charge on any atom is 0.449 e. The van der Waals surface area contributed by atoms with Crippen LogP contribution in [0.15, 0.2) is 28.7 Å². The second kappa shape index (κ2) is 4.71. The van der Waals surface area contributed by atoms with Gasteiger partial charge in [0.25, 0.3) is 0 Å². The Bertz CT molecular complexity index is 469. The van der Waals surface area contributed by atoms with Crippen LogP contribution >= 0.6 is 15.9 Å². The normalized spacial score (nSPS) is 32.3. The van der Waals surface area contributed by atoms with Crippen molar-refractivity contribution in [1.29, 1.82) is 0 Å². The Hall–Kier alpha value is -0.660. The molecule has 1 aromatic carbocycles. The highest BCUT2D eigenvalue weighted by Crippen LogP contribution is 2.39. The maximum absolute atomic E-state index is 13.6. The molecule has 0 bridgehead atoms. The Morgan fingerprint density at radius 2 is 2.05 bits per heavy atom. The molecule has 2 rings (SSSR count). The second-order valence-electron chi connectivity index (χ2n) is 4.71. The van der Waals surface area contributed by atoms with Gasteiger partial charge in [0, 0.05) is 4.47 Å². The van der Waals surface area contributed by atoms with Crippen LogP contribution in [0.3, 0.4) is 0 Å². The summed E-state index contributed by atoms with van der Waals surface area (Å²) in [5, 5.41) is 2.60. The summed E-state index contributed by atoms with van der Waals surface area (Å²) in [4.78, 5) is 0. The molecule has 2 atom stereocenters. The SMILES string of the molecule is CC1(c2cccc(Br)c2)COC(F)(C(F)(F)F)CN1. The van der Waals surface area contributed by atoms with E-state index in [2.05, 4.69) is 26.0 Å². The third-order valence-electron chi connectivity index (χ3n) is 3.18. The van der Waals surface area contributed by atoms with E-state index in [9.17, 15) is 17.6 Å². The van der Waals surface area contributed by atoms with E-state index < -0.39 is 30.7 Å². The van der Waals surface area contributed by atoms with E-state index in [-0.39, 0.29) is 0 Å². The monoisotopic (exact) mass is 341 g/mol. The Kier molecular flexibility index (Phi) is 3.66. The molecule has 1 heterocycles. The molecule has 1 fully saturated rings. The Labute approximate surface area is 116 Å². The van der Waals surface area contributed by atoms with Crippen molar-refractivity contribution in [3.05, 3.63) is 34.3 Å². The number of rotatable bonds is 1. The summed E-state index contributed by atoms with van der Waals surface area (Å²) in [6, 6.07) is 7.06. The zero-order chi connectivity index (χ0) is 14.3. The number of nitrogens with one attached hydrogen (secondary N) is 1. The van der Waals surface area contributed by atoms with E-state index in [1.807, 2.05) is 0 Å². The number of benzene rings is 1. The predicted molar refractivity (Wildman–Crippen MR) is 65.3 cm³/mol. The predicted octanol–water partition coefficient (Wildman–Crippen LogP) is 3.51. The summed E-state index contributed by atoms with van der Waals surface area (Å²) in [6.07, 6.45) is -5.04. The molecule has 1 aliphatic heterocycles. The standard InChI is InChI=1S/C12H12BrF4NO/c1-10(8-3-2-4-9(13)5-8)7-19-11(14,6-18-10)12(15,16)17/h2-5,18H,6-7H2,1H3. The van der Waals surface area contributed by atoms with Crippen molar-refractivity contribution in [2.75, 3.05) is 13.2 Å². The zero-order valence-corrected chi connectivity index (χ0v) is 11.6. The van der Waals surface area contributed by atoms with Crippen molar-refractivity contribution < 1.29 is 22.3 Å². The Balaban J connectivity index is 2.19. The molecule has 1 N–H and O–H groups in total. The van der Waals surface area contributed by atoms with Gasteiger partial charge in [-0.25, -0.2) is 4.39 Å². The third kappa shape index (κ3) is 2.78. The number of alkyl halides is 4. The quantitative estimate of drug-likeness (QED) is 0.789. The van der Waals surface area contributed by atoms with Crippen molar-refractivity contribution >= 4 is 15.9 Å². The van der Waals surface area contributed by atoms with Crippen LogP contribution in [0.1, 0.15) is 12.5 Å². The summed E-state index contributed by atoms with van der Waals surface area (Å²) in [5.74, 6) is -3.63. The third-order valence-corrected chi connectivity index (χ3v) is 3.67. The first-order valence-electron chi connectivity index (χ1n) is 5.57. The van der Waals surface area contributed by atoms with Gasteiger partial charge in [-0.3, -0.25) is 5.32 Å². The molecule has 0 aromatic heterocycles. The minimum Gasteiger partial charge on any atom is -0.336 e. The first kappa shape index (κ1) is 14.7. The lowest BCUT2D eigenvalue weighted by Crippen LogP contribution is -2.62. The zero-order valence-electron chi connectivity index (χ0n) is 10.0. The fourth-order valence-corrected chi connectivity index (χ4v) is 2.27. The Morgan fingerprint density at radius 1 is 1.37 bits per heavy atom. The lowest BCUT2D eigenvalue weighted by atomic mass is 9.91. The molecule has 19 heavy (non-hydrogen) atoms. The fraction of sp³-hybridized carbons (Fsp3) is 0.500. The topological polar surface area (TPSA) is 21.3 Å². The molecule has 7 heteroatoms. The molecule has 2 unspecified atom stereocenters. The van der Waals surface area contributed by atoms with Crippen molar-refractivity contribution in [3.8, 4) is 0 Å². The lowest BCUT2D eigenvalue weighted by Gasteiger charge is -2.42. The van der Waals surface area contributed by atoms with Gasteiger partial charge in [-0.05, 0) is 24.6 Å². The largest absolute Gasteiger partial charge is 0.449 e. The molecule has 0 spiro atoms. The van der Waals surface area contributed by atoms with Gasteiger partial charge >= 0.3 is 12.0 Å². The molecule has 1 aromatic rings. The fourth-order valence-electron chi connectivity index (χ4n) is 1.87. The summed E-state index contributed by atoms with van der Waals surface area (Å²) in [6.45, 7) is 0.337. The summed E-state index contributed by atoms with van der Waals surface area (Å²) in [7, 11) is 0. The van der Waals surface area contributed by atoms with Crippen LogP contribution in [0.2, 0.25) is 0 Å². The number of hydrogen-bond acceptors (Lipinski definition) is 2. The minimum absolute atomic E-state index is 0.403. The highest BCUT2D eigenvalue weighted by Gasteiger charge is 2.60. The van der Waals surface area contributed by atoms with E-state index in [1.165, 1.54) is 0 Å². The van der Waals surface area contributed by atoms with Gasteiger partial charge < -0.3 is 4.74 Å². The van der Waals surface area contributed by atoms with Crippen LogP contribution in [0, 0.1) is 0 Å². The number of morpholine rings is 1. The van der Waals surface area contributed by atoms with Crippen molar-refractivity contribution in [2.45, 2.75) is 24.5 Å². The number of ether oxygens (including phenoxy) is 1. The van der Waals surface area contributed by atoms with Gasteiger partial charge in [0.05, 0.1) is 18.7 Å². The smallest absolute Gasteiger partial charge is 0.336 e. The lowest BCUT2D eigenvalue weighted by molar-refractivity contribution is -0.346. The van der Waals surface area contributed by atoms with Crippen LogP contribution < -0.4 is 5.32 Å². The van der Waals surface area contributed by atoms with Crippen LogP contribution in [-0.4, -0.2) is 25.2 Å². The highest BCUT2D eigenvalue weighted by molar-refractivity contribution is 9.10. The molecule has 0 amide bonds. The maximum atomic E-state index is 13.6. The van der Waals surface area contributed by atoms with E-state index in [0.29, 0.717) is 0 Å². The number of halogens is 5. The Morgan fingerprint density at radius 3 is 2.53 bits per heavy atom. The van der Waals surface area contributed by atoms with Crippen LogP contribution in [0.4, 0.5) is 17.6 Å². The first-order chi connectivity index (χ1) is 8.66. The molecule has 1 aliphatic rings. The molecule has 0 saturated carbocycles. The van der Waals surface area contributed by atoms with Gasteiger partial charge in [-0.2, -0.15) is 13.2 Å². The van der Waals surface area contributed by atoms with Gasteiger partial charge in [0.1, 0.15) is 0 Å². The molecule has 2 nitrogen and oxygen atoms in total. The average Bonchev–Trinajstić information content (AvgIpc) is 2.32. The van der Waals surface area contributed by atoms with Crippen LogP contribution in [-0.2, 0) is 10.3 Å². The van der Waals surface area contributed by atoms with Crippen molar-refractivity contribution in [3.63, 3.8) is 0 Å². The van der Waals surface area contributed by atoms with Crippen LogP contribution in [0.25, 0.3) is 0 Å². The van der Waals surface area contributed by atoms with E-state index in [1.54, 1.807) is 31.2 Å². The minimum atomic E-state index is -5.04. The van der Waals surface area contributed by atoms with Gasteiger partial charge in [-0.15, -0.1) is 0 Å². The molecule has 0 aliphatic carbocycles. The summed E-state index contributed by atoms with van der Waals surface area (Å²) < 4.78 is 56.4. The van der Waals surface area contributed by atoms with Gasteiger partial charge in [0.2, 0.25) is 0 Å². The average molecular weight is 342 g/mol. The van der Waals surface area contributed by atoms with E-state index in [0.717, 1.165) is 10.0 Å². The molecular weight excluding hydrogens is 330 g/mol. The molecule has 0 radical (unpaired) electrons. The second-order valence-corrected chi connectivity index (χ2v) is 5.63. The van der Waals surface area contributed by atoms with Crippen molar-refractivity contribution in [2.24, 2.45) is 0 Å². The number of hydrogen-bond donors (Lipinski definition) is 1. The molecule has 106 valence electrons. The van der Waals surface area contributed by atoms with Gasteiger partial charge in [-0.1, -0.05) is 28.1 Å². The van der Waals surface area contributed by atoms with E-state index in [4.69, 9.17) is 0 Å². The first-order valence-corrected chi connectivity index (χ1v) is 6.36.